The highest BCUT2D eigenvalue weighted by Gasteiger charge is 2.30. The maximum Gasteiger partial charge on any atom is 0.282 e. The van der Waals surface area contributed by atoms with Gasteiger partial charge in [-0.05, 0) is 23.8 Å². The van der Waals surface area contributed by atoms with Crippen molar-refractivity contribution in [1.29, 1.82) is 0 Å². The summed E-state index contributed by atoms with van der Waals surface area (Å²) in [5.41, 5.74) is 0.0848. The lowest BCUT2D eigenvalue weighted by molar-refractivity contribution is -0.385. The van der Waals surface area contributed by atoms with E-state index in [9.17, 15) is 19.3 Å². The van der Waals surface area contributed by atoms with Gasteiger partial charge >= 0.3 is 0 Å². The van der Waals surface area contributed by atoms with Crippen LogP contribution in [0, 0.1) is 15.9 Å². The van der Waals surface area contributed by atoms with E-state index in [4.69, 9.17) is 11.6 Å². The quantitative estimate of drug-likeness (QED) is 0.578. The molecule has 0 N–H and O–H groups in total. The van der Waals surface area contributed by atoms with Gasteiger partial charge in [-0.15, -0.1) is 0 Å². The lowest BCUT2D eigenvalue weighted by atomic mass is 10.1. The average molecular weight is 394 g/mol. The third kappa shape index (κ3) is 3.86. The van der Waals surface area contributed by atoms with E-state index in [1.165, 1.54) is 40.9 Å². The third-order valence-corrected chi connectivity index (χ3v) is 5.05. The SMILES string of the molecule is O=C(c1cc(Cl)ccc1[N+](=O)[O-])N1CCN=C1SCc1ccccc1F. The monoisotopic (exact) mass is 393 g/mol. The molecule has 0 radical (unpaired) electrons. The van der Waals surface area contributed by atoms with Crippen molar-refractivity contribution in [1.82, 2.24) is 4.90 Å². The van der Waals surface area contributed by atoms with E-state index in [1.807, 2.05) is 0 Å². The summed E-state index contributed by atoms with van der Waals surface area (Å²) in [4.78, 5) is 29.0. The Morgan fingerprint density at radius 3 is 2.85 bits per heavy atom. The van der Waals surface area contributed by atoms with Gasteiger partial charge in [0.15, 0.2) is 5.17 Å². The molecule has 6 nitrogen and oxygen atoms in total. The van der Waals surface area contributed by atoms with Crippen molar-refractivity contribution in [3.63, 3.8) is 0 Å². The van der Waals surface area contributed by atoms with E-state index in [2.05, 4.69) is 4.99 Å². The van der Waals surface area contributed by atoms with Crippen LogP contribution in [-0.2, 0) is 5.75 Å². The molecule has 0 unspecified atom stereocenters. The normalized spacial score (nSPS) is 13.6. The molecule has 3 rings (SSSR count). The van der Waals surface area contributed by atoms with E-state index < -0.39 is 10.8 Å². The van der Waals surface area contributed by atoms with Crippen LogP contribution >= 0.6 is 23.4 Å². The third-order valence-electron chi connectivity index (χ3n) is 3.75. The first-order valence-corrected chi connectivity index (χ1v) is 9.00. The van der Waals surface area contributed by atoms with E-state index in [-0.39, 0.29) is 22.1 Å². The number of benzene rings is 2. The predicted octanol–water partition coefficient (Wildman–Crippen LogP) is 4.13. The Morgan fingerprint density at radius 1 is 1.35 bits per heavy atom. The Hall–Kier alpha value is -2.45. The van der Waals surface area contributed by atoms with Crippen molar-refractivity contribution in [3.8, 4) is 0 Å². The van der Waals surface area contributed by atoms with Crippen LogP contribution < -0.4 is 0 Å². The fourth-order valence-electron chi connectivity index (χ4n) is 2.48. The van der Waals surface area contributed by atoms with Crippen molar-refractivity contribution >= 4 is 40.1 Å². The number of thioether (sulfide) groups is 1. The number of carbonyl (C=O) groups is 1. The maximum atomic E-state index is 13.7. The molecular formula is C17H13ClFN3O3S. The molecule has 1 aliphatic rings. The van der Waals surface area contributed by atoms with Gasteiger partial charge in [0, 0.05) is 23.4 Å². The molecule has 0 aliphatic carbocycles. The molecule has 0 spiro atoms. The fraction of sp³-hybridized carbons (Fsp3) is 0.176. The Bertz CT molecular complexity index is 907. The molecule has 1 aliphatic heterocycles. The minimum absolute atomic E-state index is 0.0939. The van der Waals surface area contributed by atoms with Crippen molar-refractivity contribution in [2.45, 2.75) is 5.75 Å². The largest absolute Gasteiger partial charge is 0.285 e. The van der Waals surface area contributed by atoms with Crippen LogP contribution in [0.25, 0.3) is 0 Å². The fourth-order valence-corrected chi connectivity index (χ4v) is 3.68. The van der Waals surface area contributed by atoms with Crippen LogP contribution in [-0.4, -0.2) is 34.0 Å². The molecule has 134 valence electrons. The molecule has 0 aromatic heterocycles. The zero-order valence-electron chi connectivity index (χ0n) is 13.4. The number of rotatable bonds is 4. The minimum Gasteiger partial charge on any atom is -0.285 e. The number of halogens is 2. The van der Waals surface area contributed by atoms with Gasteiger partial charge in [-0.25, -0.2) is 4.39 Å². The van der Waals surface area contributed by atoms with E-state index in [0.29, 0.717) is 29.6 Å². The lowest BCUT2D eigenvalue weighted by Gasteiger charge is -2.18. The van der Waals surface area contributed by atoms with E-state index >= 15 is 0 Å². The standard InChI is InChI=1S/C17H13ClFN3O3S/c18-12-5-6-15(22(24)25)13(9-12)16(23)21-8-7-20-17(21)26-10-11-3-1-2-4-14(11)19/h1-6,9H,7-8,10H2. The molecule has 0 saturated heterocycles. The van der Waals surface area contributed by atoms with Crippen LogP contribution in [0.1, 0.15) is 15.9 Å². The molecule has 1 heterocycles. The Balaban J connectivity index is 1.80. The number of amides is 1. The molecule has 2 aromatic carbocycles. The molecule has 9 heteroatoms. The van der Waals surface area contributed by atoms with Crippen LogP contribution in [0.3, 0.4) is 0 Å². The van der Waals surface area contributed by atoms with Gasteiger partial charge < -0.3 is 0 Å². The molecule has 0 saturated carbocycles. The zero-order valence-corrected chi connectivity index (χ0v) is 15.0. The highest BCUT2D eigenvalue weighted by Crippen LogP contribution is 2.27. The van der Waals surface area contributed by atoms with Crippen molar-refractivity contribution in [3.05, 3.63) is 74.5 Å². The summed E-state index contributed by atoms with van der Waals surface area (Å²) < 4.78 is 13.7. The second-order valence-electron chi connectivity index (χ2n) is 5.42. The number of nitro benzene ring substituents is 1. The molecule has 0 atom stereocenters. The van der Waals surface area contributed by atoms with Gasteiger partial charge in [0.1, 0.15) is 11.4 Å². The minimum atomic E-state index is -0.622. The average Bonchev–Trinajstić information content (AvgIpc) is 3.08. The number of hydrogen-bond acceptors (Lipinski definition) is 5. The Labute approximate surface area is 157 Å². The summed E-state index contributed by atoms with van der Waals surface area (Å²) in [5.74, 6) is -0.578. The first-order chi connectivity index (χ1) is 12.5. The molecule has 1 amide bonds. The van der Waals surface area contributed by atoms with Crippen LogP contribution in [0.4, 0.5) is 10.1 Å². The van der Waals surface area contributed by atoms with Crippen LogP contribution in [0.15, 0.2) is 47.5 Å². The molecule has 0 bridgehead atoms. The summed E-state index contributed by atoms with van der Waals surface area (Å²) >= 11 is 7.11. The number of hydrogen-bond donors (Lipinski definition) is 0. The predicted molar refractivity (Wildman–Crippen MR) is 99.1 cm³/mol. The van der Waals surface area contributed by atoms with Crippen molar-refractivity contribution in [2.24, 2.45) is 4.99 Å². The molecule has 26 heavy (non-hydrogen) atoms. The number of aliphatic imine (C=N–C) groups is 1. The summed E-state index contributed by atoms with van der Waals surface area (Å²) in [7, 11) is 0. The maximum absolute atomic E-state index is 13.7. The Kier molecular flexibility index (Phi) is 5.53. The number of amidine groups is 1. The lowest BCUT2D eigenvalue weighted by Crippen LogP contribution is -2.33. The van der Waals surface area contributed by atoms with Gasteiger partial charge in [-0.3, -0.25) is 24.8 Å². The summed E-state index contributed by atoms with van der Waals surface area (Å²) in [6, 6.07) is 10.2. The summed E-state index contributed by atoms with van der Waals surface area (Å²) in [6.07, 6.45) is 0. The van der Waals surface area contributed by atoms with Gasteiger partial charge in [0.25, 0.3) is 11.6 Å². The van der Waals surface area contributed by atoms with Crippen LogP contribution in [0.2, 0.25) is 5.02 Å². The summed E-state index contributed by atoms with van der Waals surface area (Å²) in [6.45, 7) is 0.696. The molecule has 0 fully saturated rings. The number of nitro groups is 1. The van der Waals surface area contributed by atoms with Crippen LogP contribution in [0.5, 0.6) is 0 Å². The van der Waals surface area contributed by atoms with E-state index in [1.54, 1.807) is 18.2 Å². The zero-order chi connectivity index (χ0) is 18.7. The second kappa shape index (κ2) is 7.84. The van der Waals surface area contributed by atoms with Gasteiger partial charge in [-0.1, -0.05) is 41.6 Å². The van der Waals surface area contributed by atoms with Crippen molar-refractivity contribution < 1.29 is 14.1 Å². The van der Waals surface area contributed by atoms with Crippen molar-refractivity contribution in [2.75, 3.05) is 13.1 Å². The topological polar surface area (TPSA) is 75.8 Å². The smallest absolute Gasteiger partial charge is 0.282 e. The number of nitrogens with zero attached hydrogens (tertiary/aromatic N) is 3. The van der Waals surface area contributed by atoms with Gasteiger partial charge in [0.2, 0.25) is 0 Å². The number of carbonyl (C=O) groups excluding carboxylic acids is 1. The first kappa shape index (κ1) is 18.3. The molecule has 2 aromatic rings. The first-order valence-electron chi connectivity index (χ1n) is 7.64. The highest BCUT2D eigenvalue weighted by molar-refractivity contribution is 8.13. The van der Waals surface area contributed by atoms with E-state index in [0.717, 1.165) is 0 Å². The Morgan fingerprint density at radius 2 is 2.12 bits per heavy atom. The van der Waals surface area contributed by atoms with Gasteiger partial charge in [-0.2, -0.15) is 0 Å². The highest BCUT2D eigenvalue weighted by atomic mass is 35.5. The van der Waals surface area contributed by atoms with Gasteiger partial charge in [0.05, 0.1) is 11.5 Å². The molecular weight excluding hydrogens is 381 g/mol. The second-order valence-corrected chi connectivity index (χ2v) is 6.80. The summed E-state index contributed by atoms with van der Waals surface area (Å²) in [5, 5.41) is 11.8.